The van der Waals surface area contributed by atoms with Crippen LogP contribution >= 0.6 is 11.5 Å². The van der Waals surface area contributed by atoms with Crippen LogP contribution in [0.15, 0.2) is 5.38 Å². The van der Waals surface area contributed by atoms with E-state index in [4.69, 9.17) is 4.74 Å². The molecular formula is C17H26N4O2S. The highest BCUT2D eigenvalue weighted by molar-refractivity contribution is 7.03. The van der Waals surface area contributed by atoms with E-state index in [1.54, 1.807) is 0 Å². The van der Waals surface area contributed by atoms with E-state index >= 15 is 0 Å². The smallest absolute Gasteiger partial charge is 0.220 e. The highest BCUT2D eigenvalue weighted by Gasteiger charge is 2.51. The molecule has 0 bridgehead atoms. The number of fused-ring (bicyclic) bond motifs is 1. The molecule has 0 spiro atoms. The van der Waals surface area contributed by atoms with E-state index in [9.17, 15) is 4.79 Å². The quantitative estimate of drug-likeness (QED) is 0.851. The predicted molar refractivity (Wildman–Crippen MR) is 91.7 cm³/mol. The van der Waals surface area contributed by atoms with Gasteiger partial charge in [-0.05, 0) is 56.5 Å². The van der Waals surface area contributed by atoms with E-state index in [1.165, 1.54) is 24.4 Å². The molecule has 2 aliphatic heterocycles. The van der Waals surface area contributed by atoms with Gasteiger partial charge in [0.25, 0.3) is 0 Å². The highest BCUT2D eigenvalue weighted by Crippen LogP contribution is 2.42. The Bertz CT molecular complexity index is 561. The predicted octanol–water partition coefficient (Wildman–Crippen LogP) is 2.11. The van der Waals surface area contributed by atoms with Gasteiger partial charge in [-0.1, -0.05) is 4.49 Å². The van der Waals surface area contributed by atoms with E-state index in [2.05, 4.69) is 19.8 Å². The number of carbonyl (C=O) groups is 1. The van der Waals surface area contributed by atoms with Gasteiger partial charge in [0.15, 0.2) is 0 Å². The maximum atomic E-state index is 12.5. The molecule has 24 heavy (non-hydrogen) atoms. The van der Waals surface area contributed by atoms with Crippen molar-refractivity contribution in [2.75, 3.05) is 13.2 Å². The van der Waals surface area contributed by atoms with Crippen LogP contribution in [0.1, 0.15) is 57.1 Å². The molecule has 3 unspecified atom stereocenters. The second kappa shape index (κ2) is 7.06. The number of aromatic nitrogens is 2. The summed E-state index contributed by atoms with van der Waals surface area (Å²) >= 11 is 1.41. The second-order valence-corrected chi connectivity index (χ2v) is 8.01. The molecule has 0 radical (unpaired) electrons. The fourth-order valence-corrected chi connectivity index (χ4v) is 5.18. The maximum absolute atomic E-state index is 12.5. The molecule has 1 aliphatic carbocycles. The lowest BCUT2D eigenvalue weighted by molar-refractivity contribution is -0.123. The van der Waals surface area contributed by atoms with Crippen molar-refractivity contribution in [3.63, 3.8) is 0 Å². The number of carbonyl (C=O) groups excluding carboxylic acids is 1. The lowest BCUT2D eigenvalue weighted by Gasteiger charge is -2.33. The van der Waals surface area contributed by atoms with Crippen molar-refractivity contribution in [1.29, 1.82) is 0 Å². The van der Waals surface area contributed by atoms with Crippen molar-refractivity contribution in [3.8, 4) is 0 Å². The monoisotopic (exact) mass is 350 g/mol. The van der Waals surface area contributed by atoms with Gasteiger partial charge in [-0.3, -0.25) is 9.69 Å². The Labute approximate surface area is 147 Å². The molecule has 3 aliphatic rings. The first-order valence-corrected chi connectivity index (χ1v) is 10.0. The minimum absolute atomic E-state index is 0.0168. The zero-order chi connectivity index (χ0) is 16.4. The van der Waals surface area contributed by atoms with Gasteiger partial charge in [0.05, 0.1) is 17.3 Å². The number of likely N-dealkylation sites (tertiary alicyclic amines) is 1. The first kappa shape index (κ1) is 16.4. The van der Waals surface area contributed by atoms with Crippen molar-refractivity contribution >= 4 is 17.4 Å². The Kier molecular flexibility index (Phi) is 4.83. The number of nitrogens with one attached hydrogen (secondary N) is 1. The van der Waals surface area contributed by atoms with E-state index in [0.29, 0.717) is 18.6 Å². The van der Waals surface area contributed by atoms with Crippen LogP contribution in [0.3, 0.4) is 0 Å². The Morgan fingerprint density at radius 2 is 2.38 bits per heavy atom. The van der Waals surface area contributed by atoms with Gasteiger partial charge < -0.3 is 10.1 Å². The third-order valence-corrected chi connectivity index (χ3v) is 6.45. The first-order chi connectivity index (χ1) is 11.8. The minimum Gasteiger partial charge on any atom is -0.378 e. The zero-order valence-corrected chi connectivity index (χ0v) is 14.9. The van der Waals surface area contributed by atoms with Gasteiger partial charge in [0.1, 0.15) is 0 Å². The molecule has 6 nitrogen and oxygen atoms in total. The lowest BCUT2D eigenvalue weighted by atomic mass is 9.92. The number of hydrogen-bond donors (Lipinski definition) is 1. The molecule has 132 valence electrons. The fraction of sp³-hybridized carbons (Fsp3) is 0.824. The van der Waals surface area contributed by atoms with E-state index in [-0.39, 0.29) is 11.4 Å². The molecule has 3 heterocycles. The Balaban J connectivity index is 1.34. The van der Waals surface area contributed by atoms with Crippen LogP contribution in [-0.2, 0) is 16.1 Å². The molecule has 2 saturated heterocycles. The molecule has 7 heteroatoms. The van der Waals surface area contributed by atoms with Crippen molar-refractivity contribution in [3.05, 3.63) is 11.1 Å². The maximum Gasteiger partial charge on any atom is 0.220 e. The van der Waals surface area contributed by atoms with Crippen molar-refractivity contribution in [2.24, 2.45) is 0 Å². The third-order valence-electron chi connectivity index (χ3n) is 5.90. The highest BCUT2D eigenvalue weighted by atomic mass is 32.1. The third kappa shape index (κ3) is 3.34. The molecule has 4 rings (SSSR count). The largest absolute Gasteiger partial charge is 0.378 e. The topological polar surface area (TPSA) is 67.3 Å². The molecule has 1 aromatic heterocycles. The van der Waals surface area contributed by atoms with Crippen molar-refractivity contribution in [2.45, 2.75) is 75.6 Å². The van der Waals surface area contributed by atoms with Crippen molar-refractivity contribution < 1.29 is 9.53 Å². The van der Waals surface area contributed by atoms with E-state index in [1.807, 2.05) is 5.38 Å². The average Bonchev–Trinajstić information content (AvgIpc) is 3.32. The zero-order valence-electron chi connectivity index (χ0n) is 14.1. The van der Waals surface area contributed by atoms with Crippen LogP contribution in [0.5, 0.6) is 0 Å². The fourth-order valence-electron chi connectivity index (χ4n) is 4.74. The lowest BCUT2D eigenvalue weighted by Crippen LogP contribution is -2.53. The van der Waals surface area contributed by atoms with Gasteiger partial charge in [-0.15, -0.1) is 5.10 Å². The van der Waals surface area contributed by atoms with Crippen LogP contribution in [-0.4, -0.2) is 51.2 Å². The van der Waals surface area contributed by atoms with Gasteiger partial charge in [0, 0.05) is 37.5 Å². The second-order valence-electron chi connectivity index (χ2n) is 7.40. The summed E-state index contributed by atoms with van der Waals surface area (Å²) in [5.74, 6) is 0.203. The van der Waals surface area contributed by atoms with Crippen LogP contribution in [0, 0.1) is 0 Å². The van der Waals surface area contributed by atoms with Crippen LogP contribution in [0.2, 0.25) is 0 Å². The summed E-state index contributed by atoms with van der Waals surface area (Å²) < 4.78 is 9.59. The van der Waals surface area contributed by atoms with Gasteiger partial charge in [-0.2, -0.15) is 0 Å². The molecule has 1 N–H and O–H groups in total. The summed E-state index contributed by atoms with van der Waals surface area (Å²) in [6.07, 6.45) is 8.53. The first-order valence-electron chi connectivity index (χ1n) is 9.18. The minimum atomic E-state index is -0.0168. The summed E-state index contributed by atoms with van der Waals surface area (Å²) in [4.78, 5) is 15.0. The Morgan fingerprint density at radius 3 is 3.17 bits per heavy atom. The number of ether oxygens (including phenoxy) is 1. The molecule has 3 atom stereocenters. The van der Waals surface area contributed by atoms with Crippen LogP contribution < -0.4 is 5.32 Å². The Morgan fingerprint density at radius 1 is 1.42 bits per heavy atom. The molecule has 3 fully saturated rings. The van der Waals surface area contributed by atoms with Crippen LogP contribution in [0.25, 0.3) is 0 Å². The summed E-state index contributed by atoms with van der Waals surface area (Å²) in [6.45, 7) is 2.75. The summed E-state index contributed by atoms with van der Waals surface area (Å²) in [7, 11) is 0. The SMILES string of the molecule is O=C(CCC1CCCO1)NC12CCCC1N(Cc1csnn1)CC2. The normalized spacial score (nSPS) is 33.0. The summed E-state index contributed by atoms with van der Waals surface area (Å²) in [5, 5.41) is 9.62. The average molecular weight is 350 g/mol. The Hall–Kier alpha value is -1.05. The molecule has 1 amide bonds. The van der Waals surface area contributed by atoms with Gasteiger partial charge >= 0.3 is 0 Å². The number of rotatable bonds is 6. The molecule has 0 aromatic carbocycles. The standard InChI is InChI=1S/C17H26N4O2S/c22-16(6-5-14-3-2-10-23-14)18-17-7-1-4-15(17)21(9-8-17)11-13-12-24-20-19-13/h12,14-15H,1-11H2,(H,18,22). The summed E-state index contributed by atoms with van der Waals surface area (Å²) in [5.41, 5.74) is 1.03. The van der Waals surface area contributed by atoms with Gasteiger partial charge in [0.2, 0.25) is 5.91 Å². The van der Waals surface area contributed by atoms with Gasteiger partial charge in [-0.25, -0.2) is 0 Å². The molecular weight excluding hydrogens is 324 g/mol. The number of hydrogen-bond acceptors (Lipinski definition) is 6. The molecule has 1 saturated carbocycles. The van der Waals surface area contributed by atoms with Crippen LogP contribution in [0.4, 0.5) is 0 Å². The van der Waals surface area contributed by atoms with Crippen molar-refractivity contribution in [1.82, 2.24) is 19.8 Å². The van der Waals surface area contributed by atoms with E-state index in [0.717, 1.165) is 57.5 Å². The number of amides is 1. The number of nitrogens with zero attached hydrogens (tertiary/aromatic N) is 3. The summed E-state index contributed by atoms with van der Waals surface area (Å²) in [6, 6.07) is 0.450. The molecule has 1 aromatic rings. The van der Waals surface area contributed by atoms with E-state index < -0.39 is 0 Å².